The number of rotatable bonds is 7. The van der Waals surface area contributed by atoms with Crippen LogP contribution in [0.4, 0.5) is 4.39 Å². The molecule has 2 N–H and O–H groups in total. The van der Waals surface area contributed by atoms with Crippen LogP contribution in [0.25, 0.3) is 0 Å². The van der Waals surface area contributed by atoms with Crippen molar-refractivity contribution in [1.82, 2.24) is 10.6 Å². The molecule has 23 heavy (non-hydrogen) atoms. The Morgan fingerprint density at radius 1 is 0.739 bits per heavy atom. The molecular weight excluding hydrogens is 295 g/mol. The summed E-state index contributed by atoms with van der Waals surface area (Å²) in [5, 5.41) is 5.48. The molecule has 0 saturated carbocycles. The van der Waals surface area contributed by atoms with E-state index in [1.54, 1.807) is 12.1 Å². The van der Waals surface area contributed by atoms with Gasteiger partial charge in [-0.1, -0.05) is 42.5 Å². The summed E-state index contributed by atoms with van der Waals surface area (Å²) < 4.78 is 12.8. The van der Waals surface area contributed by atoms with Crippen LogP contribution in [0.15, 0.2) is 54.6 Å². The molecule has 0 radical (unpaired) electrons. The van der Waals surface area contributed by atoms with Crippen molar-refractivity contribution in [3.8, 4) is 0 Å². The highest BCUT2D eigenvalue weighted by atomic mass is 19.1. The summed E-state index contributed by atoms with van der Waals surface area (Å²) >= 11 is 0. The van der Waals surface area contributed by atoms with Crippen molar-refractivity contribution in [3.05, 3.63) is 71.5 Å². The van der Waals surface area contributed by atoms with Crippen molar-refractivity contribution in [2.75, 3.05) is 0 Å². The quantitative estimate of drug-likeness (QED) is 0.825. The Balaban J connectivity index is 1.63. The predicted octanol–water partition coefficient (Wildman–Crippen LogP) is 2.54. The molecule has 0 heterocycles. The molecule has 0 aromatic heterocycles. The van der Waals surface area contributed by atoms with E-state index in [9.17, 15) is 14.0 Å². The fourth-order valence-corrected chi connectivity index (χ4v) is 2.00. The molecule has 4 nitrogen and oxygen atoms in total. The number of amides is 2. The van der Waals surface area contributed by atoms with Gasteiger partial charge in [0, 0.05) is 25.9 Å². The first kappa shape index (κ1) is 16.7. The van der Waals surface area contributed by atoms with Gasteiger partial charge < -0.3 is 10.6 Å². The van der Waals surface area contributed by atoms with E-state index < -0.39 is 0 Å². The summed E-state index contributed by atoms with van der Waals surface area (Å²) in [4.78, 5) is 23.4. The summed E-state index contributed by atoms with van der Waals surface area (Å²) in [6.45, 7) is 0.779. The molecule has 0 bridgehead atoms. The second-order valence-electron chi connectivity index (χ2n) is 5.17. The van der Waals surface area contributed by atoms with Gasteiger partial charge in [-0.3, -0.25) is 9.59 Å². The minimum Gasteiger partial charge on any atom is -0.352 e. The van der Waals surface area contributed by atoms with Crippen molar-refractivity contribution in [1.29, 1.82) is 0 Å². The Labute approximate surface area is 134 Å². The number of carbonyl (C=O) groups is 2. The molecular formula is C18H19FN2O2. The van der Waals surface area contributed by atoms with E-state index in [0.717, 1.165) is 11.1 Å². The third kappa shape index (κ3) is 6.30. The van der Waals surface area contributed by atoms with E-state index in [2.05, 4.69) is 10.6 Å². The highest BCUT2D eigenvalue weighted by molar-refractivity contribution is 5.83. The molecule has 0 aliphatic carbocycles. The standard InChI is InChI=1S/C18H19FN2O2/c19-16-8-6-15(7-9-16)13-21-18(23)11-10-17(22)20-12-14-4-2-1-3-5-14/h1-9H,10-13H2,(H,20,22)(H,21,23). The van der Waals surface area contributed by atoms with Gasteiger partial charge in [0.2, 0.25) is 11.8 Å². The van der Waals surface area contributed by atoms with Crippen LogP contribution >= 0.6 is 0 Å². The Hall–Kier alpha value is -2.69. The Morgan fingerprint density at radius 2 is 1.22 bits per heavy atom. The molecule has 0 aliphatic heterocycles. The van der Waals surface area contributed by atoms with E-state index in [4.69, 9.17) is 0 Å². The minimum atomic E-state index is -0.310. The first-order valence-electron chi connectivity index (χ1n) is 7.45. The van der Waals surface area contributed by atoms with E-state index >= 15 is 0 Å². The lowest BCUT2D eigenvalue weighted by Crippen LogP contribution is -2.27. The maximum Gasteiger partial charge on any atom is 0.220 e. The minimum absolute atomic E-state index is 0.127. The molecule has 2 rings (SSSR count). The summed E-state index contributed by atoms with van der Waals surface area (Å²) in [5.41, 5.74) is 1.83. The van der Waals surface area contributed by atoms with Crippen LogP contribution in [0.5, 0.6) is 0 Å². The zero-order valence-electron chi connectivity index (χ0n) is 12.7. The Kier molecular flexibility index (Phi) is 6.29. The molecule has 2 aromatic rings. The van der Waals surface area contributed by atoms with Gasteiger partial charge in [0.05, 0.1) is 0 Å². The number of carbonyl (C=O) groups excluding carboxylic acids is 2. The fourth-order valence-electron chi connectivity index (χ4n) is 2.00. The number of hydrogen-bond acceptors (Lipinski definition) is 2. The SMILES string of the molecule is O=C(CCC(=O)NCc1ccc(F)cc1)NCc1ccccc1. The summed E-state index contributed by atoms with van der Waals surface area (Å²) in [5.74, 6) is -0.676. The van der Waals surface area contributed by atoms with E-state index in [1.807, 2.05) is 30.3 Å². The normalized spacial score (nSPS) is 10.1. The lowest BCUT2D eigenvalue weighted by atomic mass is 10.2. The molecule has 0 spiro atoms. The van der Waals surface area contributed by atoms with Crippen LogP contribution < -0.4 is 10.6 Å². The zero-order chi connectivity index (χ0) is 16.5. The van der Waals surface area contributed by atoms with Crippen LogP contribution in [-0.4, -0.2) is 11.8 Å². The maximum absolute atomic E-state index is 12.8. The van der Waals surface area contributed by atoms with Crippen LogP contribution in [0, 0.1) is 5.82 Å². The first-order chi connectivity index (χ1) is 11.1. The highest BCUT2D eigenvalue weighted by Crippen LogP contribution is 2.02. The van der Waals surface area contributed by atoms with Crippen molar-refractivity contribution >= 4 is 11.8 Å². The predicted molar refractivity (Wildman–Crippen MR) is 85.8 cm³/mol. The van der Waals surface area contributed by atoms with Crippen molar-refractivity contribution in [2.24, 2.45) is 0 Å². The number of benzene rings is 2. The molecule has 0 saturated heterocycles. The van der Waals surface area contributed by atoms with E-state index in [0.29, 0.717) is 13.1 Å². The second-order valence-corrected chi connectivity index (χ2v) is 5.17. The lowest BCUT2D eigenvalue weighted by molar-refractivity contribution is -0.126. The number of nitrogens with one attached hydrogen (secondary N) is 2. The van der Waals surface area contributed by atoms with Gasteiger partial charge in [-0.25, -0.2) is 4.39 Å². The lowest BCUT2D eigenvalue weighted by Gasteiger charge is -2.07. The Morgan fingerprint density at radius 3 is 1.74 bits per heavy atom. The van der Waals surface area contributed by atoms with Crippen LogP contribution in [0.3, 0.4) is 0 Å². The van der Waals surface area contributed by atoms with Crippen molar-refractivity contribution in [2.45, 2.75) is 25.9 Å². The smallest absolute Gasteiger partial charge is 0.220 e. The largest absolute Gasteiger partial charge is 0.352 e. The van der Waals surface area contributed by atoms with Gasteiger partial charge >= 0.3 is 0 Å². The van der Waals surface area contributed by atoms with Crippen molar-refractivity contribution in [3.63, 3.8) is 0 Å². The first-order valence-corrected chi connectivity index (χ1v) is 7.45. The van der Waals surface area contributed by atoms with Crippen molar-refractivity contribution < 1.29 is 14.0 Å². The van der Waals surface area contributed by atoms with Crippen LogP contribution in [0.1, 0.15) is 24.0 Å². The second kappa shape index (κ2) is 8.68. The van der Waals surface area contributed by atoms with Crippen LogP contribution in [0.2, 0.25) is 0 Å². The molecule has 2 aromatic carbocycles. The average Bonchev–Trinajstić information content (AvgIpc) is 2.58. The van der Waals surface area contributed by atoms with Gasteiger partial charge in [0.25, 0.3) is 0 Å². The summed E-state index contributed by atoms with van der Waals surface area (Å²) in [6, 6.07) is 15.5. The molecule has 0 atom stereocenters. The molecule has 2 amide bonds. The number of halogens is 1. The molecule has 0 fully saturated rings. The van der Waals surface area contributed by atoms with E-state index in [1.165, 1.54) is 12.1 Å². The average molecular weight is 314 g/mol. The van der Waals surface area contributed by atoms with Crippen LogP contribution in [-0.2, 0) is 22.7 Å². The molecule has 0 aliphatic rings. The summed E-state index contributed by atoms with van der Waals surface area (Å²) in [7, 11) is 0. The molecule has 120 valence electrons. The van der Waals surface area contributed by atoms with Gasteiger partial charge in [0.1, 0.15) is 5.82 Å². The zero-order valence-corrected chi connectivity index (χ0v) is 12.7. The third-order valence-electron chi connectivity index (χ3n) is 3.31. The third-order valence-corrected chi connectivity index (χ3v) is 3.31. The fraction of sp³-hybridized carbons (Fsp3) is 0.222. The van der Waals surface area contributed by atoms with E-state index in [-0.39, 0.29) is 30.5 Å². The van der Waals surface area contributed by atoms with Gasteiger partial charge in [-0.05, 0) is 23.3 Å². The van der Waals surface area contributed by atoms with Gasteiger partial charge in [0.15, 0.2) is 0 Å². The summed E-state index contributed by atoms with van der Waals surface area (Å²) in [6.07, 6.45) is 0.268. The molecule has 5 heteroatoms. The monoisotopic (exact) mass is 314 g/mol. The number of hydrogen-bond donors (Lipinski definition) is 2. The molecule has 0 unspecified atom stereocenters. The Bertz CT molecular complexity index is 642. The highest BCUT2D eigenvalue weighted by Gasteiger charge is 2.06. The maximum atomic E-state index is 12.8. The van der Waals surface area contributed by atoms with Gasteiger partial charge in [-0.15, -0.1) is 0 Å². The van der Waals surface area contributed by atoms with Gasteiger partial charge in [-0.2, -0.15) is 0 Å². The topological polar surface area (TPSA) is 58.2 Å².